The molecule has 0 aliphatic rings. The summed E-state index contributed by atoms with van der Waals surface area (Å²) in [6.07, 6.45) is 0. The normalized spacial score (nSPS) is 12.0. The monoisotopic (exact) mass is 379 g/mol. The van der Waals surface area contributed by atoms with Crippen molar-refractivity contribution in [1.82, 2.24) is 5.32 Å². The summed E-state index contributed by atoms with van der Waals surface area (Å²) < 4.78 is 13.7. The van der Waals surface area contributed by atoms with Gasteiger partial charge >= 0.3 is 0 Å². The largest absolute Gasteiger partial charge is 0.340 e. The molecule has 1 heterocycles. The van der Waals surface area contributed by atoms with E-state index >= 15 is 0 Å². The molecule has 6 heteroatoms. The van der Waals surface area contributed by atoms with Crippen LogP contribution in [0.4, 0.5) is 4.39 Å². The van der Waals surface area contributed by atoms with Gasteiger partial charge in [0, 0.05) is 4.88 Å². The fraction of sp³-hybridized carbons (Fsp3) is 0.0556. The first-order chi connectivity index (χ1) is 11.6. The van der Waals surface area contributed by atoms with Crippen LogP contribution in [0.2, 0.25) is 10.0 Å². The zero-order valence-corrected chi connectivity index (χ0v) is 14.6. The Morgan fingerprint density at radius 2 is 1.79 bits per heavy atom. The molecule has 24 heavy (non-hydrogen) atoms. The smallest absolute Gasteiger partial charge is 0.253 e. The van der Waals surface area contributed by atoms with Gasteiger partial charge in [-0.2, -0.15) is 0 Å². The van der Waals surface area contributed by atoms with Gasteiger partial charge in [-0.3, -0.25) is 4.79 Å². The van der Waals surface area contributed by atoms with Gasteiger partial charge in [0.2, 0.25) is 0 Å². The molecule has 0 aliphatic carbocycles. The van der Waals surface area contributed by atoms with Gasteiger partial charge in [-0.05, 0) is 29.1 Å². The van der Waals surface area contributed by atoms with Gasteiger partial charge in [0.25, 0.3) is 5.91 Å². The second-order valence-electron chi connectivity index (χ2n) is 5.08. The maximum absolute atomic E-state index is 13.7. The van der Waals surface area contributed by atoms with Gasteiger partial charge in [-0.15, -0.1) is 11.3 Å². The first kappa shape index (κ1) is 17.0. The second-order valence-corrected chi connectivity index (χ2v) is 6.87. The number of hydrogen-bond acceptors (Lipinski definition) is 2. The van der Waals surface area contributed by atoms with Gasteiger partial charge in [-0.1, -0.05) is 59.6 Å². The summed E-state index contributed by atoms with van der Waals surface area (Å²) >= 11 is 13.3. The molecule has 1 atom stereocenters. The Labute approximate surface area is 152 Å². The highest BCUT2D eigenvalue weighted by Gasteiger charge is 2.21. The molecule has 1 N–H and O–H groups in total. The summed E-state index contributed by atoms with van der Waals surface area (Å²) in [7, 11) is 0. The highest BCUT2D eigenvalue weighted by Crippen LogP contribution is 2.28. The van der Waals surface area contributed by atoms with Crippen LogP contribution >= 0.6 is 34.5 Å². The zero-order chi connectivity index (χ0) is 17.1. The molecule has 0 radical (unpaired) electrons. The number of halogens is 3. The highest BCUT2D eigenvalue weighted by molar-refractivity contribution is 7.10. The molecule has 122 valence electrons. The summed E-state index contributed by atoms with van der Waals surface area (Å²) in [5.74, 6) is -1.14. The summed E-state index contributed by atoms with van der Waals surface area (Å²) in [6, 6.07) is 15.4. The third-order valence-corrected chi connectivity index (χ3v) is 5.03. The molecule has 1 unspecified atom stereocenters. The van der Waals surface area contributed by atoms with Crippen LogP contribution in [0, 0.1) is 5.82 Å². The molecule has 0 spiro atoms. The van der Waals surface area contributed by atoms with E-state index in [4.69, 9.17) is 23.2 Å². The Kier molecular flexibility index (Phi) is 5.19. The lowest BCUT2D eigenvalue weighted by atomic mass is 10.0. The molecule has 0 bridgehead atoms. The van der Waals surface area contributed by atoms with E-state index in [0.29, 0.717) is 0 Å². The molecule has 3 aromatic rings. The topological polar surface area (TPSA) is 29.1 Å². The van der Waals surface area contributed by atoms with Gasteiger partial charge in [-0.25, -0.2) is 4.39 Å². The molecule has 1 amide bonds. The molecule has 3 rings (SSSR count). The summed E-state index contributed by atoms with van der Waals surface area (Å²) in [5, 5.41) is 4.85. The number of nitrogens with one attached hydrogen (secondary N) is 1. The van der Waals surface area contributed by atoms with Crippen LogP contribution in [0.15, 0.2) is 60.0 Å². The standard InChI is InChI=1S/C18H12Cl2FNOS/c19-13-10-14(20)15(21)9-12(13)18(23)22-17(16-7-4-8-24-16)11-5-2-1-3-6-11/h1-10,17H,(H,22,23). The molecule has 0 fully saturated rings. The van der Waals surface area contributed by atoms with Crippen LogP contribution in [-0.4, -0.2) is 5.91 Å². The van der Waals surface area contributed by atoms with Crippen molar-refractivity contribution in [2.75, 3.05) is 0 Å². The number of hydrogen-bond donors (Lipinski definition) is 1. The third-order valence-electron chi connectivity index (χ3n) is 3.49. The number of thiophene rings is 1. The number of amides is 1. The van der Waals surface area contributed by atoms with Gasteiger partial charge < -0.3 is 5.32 Å². The predicted octanol–water partition coefficient (Wildman–Crippen LogP) is 5.71. The Bertz CT molecular complexity index is 853. The van der Waals surface area contributed by atoms with Crippen LogP contribution in [0.3, 0.4) is 0 Å². The van der Waals surface area contributed by atoms with E-state index in [1.165, 1.54) is 17.4 Å². The van der Waals surface area contributed by atoms with Crippen molar-refractivity contribution in [3.8, 4) is 0 Å². The Morgan fingerprint density at radius 3 is 2.46 bits per heavy atom. The van der Waals surface area contributed by atoms with Crippen LogP contribution in [0.1, 0.15) is 26.8 Å². The Balaban J connectivity index is 1.94. The van der Waals surface area contributed by atoms with Crippen molar-refractivity contribution in [3.05, 3.63) is 91.8 Å². The van der Waals surface area contributed by atoms with E-state index in [0.717, 1.165) is 16.5 Å². The quantitative estimate of drug-likeness (QED) is 0.577. The molecule has 0 aliphatic heterocycles. The fourth-order valence-electron chi connectivity index (χ4n) is 2.33. The minimum atomic E-state index is -0.682. The van der Waals surface area contributed by atoms with Crippen molar-refractivity contribution in [2.45, 2.75) is 6.04 Å². The summed E-state index contributed by atoms with van der Waals surface area (Å²) in [6.45, 7) is 0. The van der Waals surface area contributed by atoms with Crippen molar-refractivity contribution in [1.29, 1.82) is 0 Å². The first-order valence-corrected chi connectivity index (χ1v) is 8.73. The minimum Gasteiger partial charge on any atom is -0.340 e. The van der Waals surface area contributed by atoms with E-state index in [9.17, 15) is 9.18 Å². The van der Waals surface area contributed by atoms with E-state index in [-0.39, 0.29) is 21.7 Å². The SMILES string of the molecule is O=C(NC(c1ccccc1)c1cccs1)c1cc(F)c(Cl)cc1Cl. The molecule has 2 nitrogen and oxygen atoms in total. The van der Waals surface area contributed by atoms with Crippen LogP contribution in [0.5, 0.6) is 0 Å². The van der Waals surface area contributed by atoms with Crippen molar-refractivity contribution in [3.63, 3.8) is 0 Å². The van der Waals surface area contributed by atoms with Crippen LogP contribution < -0.4 is 5.32 Å². The maximum atomic E-state index is 13.7. The minimum absolute atomic E-state index is 0.0519. The number of carbonyl (C=O) groups excluding carboxylic acids is 1. The maximum Gasteiger partial charge on any atom is 0.253 e. The molecule has 0 saturated carbocycles. The molecular formula is C18H12Cl2FNOS. The van der Waals surface area contributed by atoms with E-state index in [1.807, 2.05) is 47.8 Å². The van der Waals surface area contributed by atoms with Gasteiger partial charge in [0.05, 0.1) is 21.7 Å². The average Bonchev–Trinajstić information content (AvgIpc) is 3.11. The average molecular weight is 380 g/mol. The summed E-state index contributed by atoms with van der Waals surface area (Å²) in [4.78, 5) is 13.6. The second kappa shape index (κ2) is 7.34. The van der Waals surface area contributed by atoms with Crippen molar-refractivity contribution in [2.24, 2.45) is 0 Å². The van der Waals surface area contributed by atoms with E-state index in [1.54, 1.807) is 0 Å². The van der Waals surface area contributed by atoms with Crippen LogP contribution in [0.25, 0.3) is 0 Å². The lowest BCUT2D eigenvalue weighted by Gasteiger charge is -2.18. The molecular weight excluding hydrogens is 368 g/mol. The predicted molar refractivity (Wildman–Crippen MR) is 96.5 cm³/mol. The number of rotatable bonds is 4. The van der Waals surface area contributed by atoms with Crippen molar-refractivity contribution >= 4 is 40.4 Å². The Morgan fingerprint density at radius 1 is 1.04 bits per heavy atom. The van der Waals surface area contributed by atoms with Gasteiger partial charge in [0.1, 0.15) is 5.82 Å². The van der Waals surface area contributed by atoms with Crippen LogP contribution in [-0.2, 0) is 0 Å². The zero-order valence-electron chi connectivity index (χ0n) is 12.3. The molecule has 0 saturated heterocycles. The van der Waals surface area contributed by atoms with Crippen molar-refractivity contribution < 1.29 is 9.18 Å². The first-order valence-electron chi connectivity index (χ1n) is 7.10. The van der Waals surface area contributed by atoms with E-state index in [2.05, 4.69) is 5.32 Å². The third kappa shape index (κ3) is 3.61. The highest BCUT2D eigenvalue weighted by atomic mass is 35.5. The summed E-state index contributed by atoms with van der Waals surface area (Å²) in [5.41, 5.74) is 0.981. The Hall–Kier alpha value is -1.88. The molecule has 1 aromatic heterocycles. The fourth-order valence-corrected chi connectivity index (χ4v) is 3.60. The number of carbonyl (C=O) groups is 1. The van der Waals surface area contributed by atoms with Gasteiger partial charge in [0.15, 0.2) is 0 Å². The lowest BCUT2D eigenvalue weighted by molar-refractivity contribution is 0.0943. The lowest BCUT2D eigenvalue weighted by Crippen LogP contribution is -2.29. The number of benzene rings is 2. The molecule has 2 aromatic carbocycles. The van der Waals surface area contributed by atoms with E-state index < -0.39 is 11.7 Å².